The van der Waals surface area contributed by atoms with Crippen molar-refractivity contribution in [2.45, 2.75) is 23.9 Å². The third kappa shape index (κ3) is 1.84. The second-order valence-electron chi connectivity index (χ2n) is 2.63. The van der Waals surface area contributed by atoms with Crippen molar-refractivity contribution in [3.05, 3.63) is 12.4 Å². The topological polar surface area (TPSA) is 0 Å². The molecule has 10 heteroatoms. The first kappa shape index (κ1) is 15.0. The molecule has 96 valence electrons. The molecule has 0 saturated heterocycles. The Morgan fingerprint density at radius 2 is 1.00 bits per heavy atom. The predicted octanol–water partition coefficient (Wildman–Crippen LogP) is 3.94. The van der Waals surface area contributed by atoms with Gasteiger partial charge in [0.05, 0.1) is 0 Å². The van der Waals surface area contributed by atoms with Gasteiger partial charge in [-0.3, -0.25) is 0 Å². The SMILES string of the molecule is C=C(F)C(F)(F)C(F)(F)C(F)(F)C(F)(F)F. The standard InChI is InChI=1S/C6H2F10/c1-2(7)3(8,9)4(10,11)5(12,13)6(14,15)16/h1H2. The molecular weight excluding hydrogens is 262 g/mol. The van der Waals surface area contributed by atoms with Gasteiger partial charge in [-0.2, -0.15) is 39.5 Å². The van der Waals surface area contributed by atoms with Crippen LogP contribution in [0.3, 0.4) is 0 Å². The molecular formula is C6H2F10. The highest BCUT2D eigenvalue weighted by atomic mass is 19.4. The quantitative estimate of drug-likeness (QED) is 0.677. The van der Waals surface area contributed by atoms with Crippen molar-refractivity contribution in [3.63, 3.8) is 0 Å². The number of rotatable bonds is 3. The van der Waals surface area contributed by atoms with Crippen LogP contribution in [0.2, 0.25) is 0 Å². The lowest BCUT2D eigenvalue weighted by Gasteiger charge is -2.32. The van der Waals surface area contributed by atoms with Crippen LogP contribution >= 0.6 is 0 Å². The van der Waals surface area contributed by atoms with E-state index >= 15 is 0 Å². The van der Waals surface area contributed by atoms with Crippen molar-refractivity contribution in [1.29, 1.82) is 0 Å². The largest absolute Gasteiger partial charge is 0.460 e. The summed E-state index contributed by atoms with van der Waals surface area (Å²) in [6, 6.07) is 0. The van der Waals surface area contributed by atoms with Crippen LogP contribution in [-0.4, -0.2) is 23.9 Å². The van der Waals surface area contributed by atoms with Gasteiger partial charge in [-0.1, -0.05) is 6.58 Å². The third-order valence-electron chi connectivity index (χ3n) is 1.49. The summed E-state index contributed by atoms with van der Waals surface area (Å²) in [5, 5.41) is 0. The molecule has 0 rings (SSSR count). The summed E-state index contributed by atoms with van der Waals surface area (Å²) < 4.78 is 119. The van der Waals surface area contributed by atoms with Gasteiger partial charge in [-0.25, -0.2) is 4.39 Å². The van der Waals surface area contributed by atoms with E-state index < -0.39 is 29.8 Å². The Kier molecular flexibility index (Phi) is 3.31. The Morgan fingerprint density at radius 3 is 1.19 bits per heavy atom. The van der Waals surface area contributed by atoms with Crippen LogP contribution in [0.5, 0.6) is 0 Å². The Labute approximate surface area is 81.5 Å². The van der Waals surface area contributed by atoms with E-state index in [0.717, 1.165) is 0 Å². The number of hydrogen-bond acceptors (Lipinski definition) is 0. The maximum atomic E-state index is 12.2. The van der Waals surface area contributed by atoms with Gasteiger partial charge < -0.3 is 0 Å². The minimum Gasteiger partial charge on any atom is -0.206 e. The highest BCUT2D eigenvalue weighted by molar-refractivity contribution is 5.12. The van der Waals surface area contributed by atoms with Gasteiger partial charge in [0.25, 0.3) is 0 Å². The normalized spacial score (nSPS) is 15.1. The Hall–Kier alpha value is -0.960. The summed E-state index contributed by atoms with van der Waals surface area (Å²) in [5.41, 5.74) is 0. The van der Waals surface area contributed by atoms with Crippen molar-refractivity contribution < 1.29 is 43.9 Å². The van der Waals surface area contributed by atoms with Crippen molar-refractivity contribution in [2.75, 3.05) is 0 Å². The smallest absolute Gasteiger partial charge is 0.206 e. The minimum atomic E-state index is -7.08. The maximum absolute atomic E-state index is 12.2. The Bertz CT molecular complexity index is 284. The zero-order valence-corrected chi connectivity index (χ0v) is 6.99. The lowest BCUT2D eigenvalue weighted by atomic mass is 10.0. The molecule has 0 saturated carbocycles. The third-order valence-corrected chi connectivity index (χ3v) is 1.49. The van der Waals surface area contributed by atoms with Crippen molar-refractivity contribution in [2.24, 2.45) is 0 Å². The van der Waals surface area contributed by atoms with Crippen molar-refractivity contribution in [1.82, 2.24) is 0 Å². The van der Waals surface area contributed by atoms with E-state index in [1.165, 1.54) is 0 Å². The number of halogens is 10. The lowest BCUT2D eigenvalue weighted by molar-refractivity contribution is -0.391. The molecule has 0 spiro atoms. The average Bonchev–Trinajstić information content (AvgIpc) is 2.00. The van der Waals surface area contributed by atoms with Gasteiger partial charge in [-0.15, -0.1) is 0 Å². The summed E-state index contributed by atoms with van der Waals surface area (Å²) in [7, 11) is 0. The van der Waals surface area contributed by atoms with Gasteiger partial charge in [0.1, 0.15) is 0 Å². The fourth-order valence-corrected chi connectivity index (χ4v) is 0.546. The molecule has 0 aliphatic heterocycles. The van der Waals surface area contributed by atoms with Crippen LogP contribution in [0.1, 0.15) is 0 Å². The van der Waals surface area contributed by atoms with Gasteiger partial charge in [0.15, 0.2) is 5.83 Å². The molecule has 0 N–H and O–H groups in total. The molecule has 0 aromatic rings. The van der Waals surface area contributed by atoms with E-state index in [1.54, 1.807) is 6.58 Å². The van der Waals surface area contributed by atoms with E-state index in [-0.39, 0.29) is 0 Å². The molecule has 16 heavy (non-hydrogen) atoms. The van der Waals surface area contributed by atoms with E-state index in [2.05, 4.69) is 0 Å². The number of allylic oxidation sites excluding steroid dienone is 1. The molecule has 0 aromatic carbocycles. The molecule has 0 amide bonds. The first-order valence-electron chi connectivity index (χ1n) is 3.24. The zero-order chi connectivity index (χ0) is 13.6. The fourth-order valence-electron chi connectivity index (χ4n) is 0.546. The van der Waals surface area contributed by atoms with Crippen molar-refractivity contribution in [3.8, 4) is 0 Å². The van der Waals surface area contributed by atoms with Crippen LogP contribution in [-0.2, 0) is 0 Å². The molecule has 0 atom stereocenters. The molecule has 0 radical (unpaired) electrons. The van der Waals surface area contributed by atoms with Crippen LogP contribution in [0.25, 0.3) is 0 Å². The van der Waals surface area contributed by atoms with Crippen molar-refractivity contribution >= 4 is 0 Å². The first-order chi connectivity index (χ1) is 6.69. The predicted molar refractivity (Wildman–Crippen MR) is 31.1 cm³/mol. The molecule has 0 heterocycles. The summed E-state index contributed by atoms with van der Waals surface area (Å²) in [5.74, 6) is -23.7. The fraction of sp³-hybridized carbons (Fsp3) is 0.667. The molecule has 0 aromatic heterocycles. The number of alkyl halides is 9. The summed E-state index contributed by atoms with van der Waals surface area (Å²) in [6.45, 7) is 1.59. The van der Waals surface area contributed by atoms with Gasteiger partial charge in [0.2, 0.25) is 0 Å². The van der Waals surface area contributed by atoms with Gasteiger partial charge in [-0.05, 0) is 0 Å². The zero-order valence-electron chi connectivity index (χ0n) is 6.99. The van der Waals surface area contributed by atoms with E-state index in [9.17, 15) is 43.9 Å². The summed E-state index contributed by atoms with van der Waals surface area (Å²) in [4.78, 5) is 0. The Balaban J connectivity index is 5.62. The van der Waals surface area contributed by atoms with Crippen LogP contribution in [0.15, 0.2) is 12.4 Å². The maximum Gasteiger partial charge on any atom is 0.460 e. The van der Waals surface area contributed by atoms with Crippen LogP contribution in [0.4, 0.5) is 43.9 Å². The van der Waals surface area contributed by atoms with E-state index in [0.29, 0.717) is 0 Å². The van der Waals surface area contributed by atoms with Crippen LogP contribution in [0, 0.1) is 0 Å². The minimum absolute atomic E-state index is 1.59. The van der Waals surface area contributed by atoms with E-state index in [1.807, 2.05) is 0 Å². The molecule has 0 fully saturated rings. The second-order valence-corrected chi connectivity index (χ2v) is 2.63. The molecule has 0 unspecified atom stereocenters. The lowest BCUT2D eigenvalue weighted by Crippen LogP contribution is -2.61. The van der Waals surface area contributed by atoms with Crippen LogP contribution < -0.4 is 0 Å². The van der Waals surface area contributed by atoms with E-state index in [4.69, 9.17) is 0 Å². The summed E-state index contributed by atoms with van der Waals surface area (Å²) in [6.07, 6.45) is -6.95. The monoisotopic (exact) mass is 264 g/mol. The molecule has 0 nitrogen and oxygen atoms in total. The number of hydrogen-bond donors (Lipinski definition) is 0. The summed E-state index contributed by atoms with van der Waals surface area (Å²) >= 11 is 0. The molecule has 0 bridgehead atoms. The molecule has 0 aliphatic rings. The highest BCUT2D eigenvalue weighted by Gasteiger charge is 2.82. The highest BCUT2D eigenvalue weighted by Crippen LogP contribution is 2.54. The van der Waals surface area contributed by atoms with Gasteiger partial charge in [0, 0.05) is 0 Å². The average molecular weight is 264 g/mol. The van der Waals surface area contributed by atoms with Gasteiger partial charge >= 0.3 is 23.9 Å². The Morgan fingerprint density at radius 1 is 0.688 bits per heavy atom. The first-order valence-corrected chi connectivity index (χ1v) is 3.24. The molecule has 0 aliphatic carbocycles. The second kappa shape index (κ2) is 3.52.